The summed E-state index contributed by atoms with van der Waals surface area (Å²) in [7, 11) is 0. The van der Waals surface area contributed by atoms with Gasteiger partial charge in [0.1, 0.15) is 11.5 Å². The number of thiophene rings is 1. The molecule has 3 heterocycles. The van der Waals surface area contributed by atoms with Crippen LogP contribution in [0.5, 0.6) is 11.5 Å². The highest BCUT2D eigenvalue weighted by molar-refractivity contribution is 7.25. The van der Waals surface area contributed by atoms with Gasteiger partial charge in [-0.15, -0.1) is 11.3 Å². The third kappa shape index (κ3) is 4.26. The van der Waals surface area contributed by atoms with Crippen LogP contribution < -0.4 is 26.0 Å². The minimum atomic E-state index is 0.0938. The number of anilines is 3. The maximum absolute atomic E-state index is 6.98. The lowest BCUT2D eigenvalue weighted by atomic mass is 9.32. The second-order valence-electron chi connectivity index (χ2n) is 12.5. The Hall–Kier alpha value is -5.58. The molecule has 0 amide bonds. The van der Waals surface area contributed by atoms with Gasteiger partial charge in [-0.25, -0.2) is 0 Å². The molecule has 4 heteroatoms. The largest absolute Gasteiger partial charge is 0.458 e. The van der Waals surface area contributed by atoms with E-state index in [9.17, 15) is 0 Å². The van der Waals surface area contributed by atoms with Gasteiger partial charge in [-0.05, 0) is 93.5 Å². The van der Waals surface area contributed by atoms with Crippen LogP contribution in [0.15, 0.2) is 158 Å². The third-order valence-corrected chi connectivity index (χ3v) is 10.9. The van der Waals surface area contributed by atoms with Crippen molar-refractivity contribution in [3.8, 4) is 22.6 Å². The third-order valence-electron chi connectivity index (χ3n) is 9.77. The Balaban J connectivity index is 1.20. The van der Waals surface area contributed by atoms with Crippen LogP contribution in [-0.2, 0) is 6.42 Å². The molecule has 0 atom stereocenters. The molecule has 0 unspecified atom stereocenters. The summed E-state index contributed by atoms with van der Waals surface area (Å²) in [5.41, 5.74) is 12.4. The predicted octanol–water partition coefficient (Wildman–Crippen LogP) is 9.72. The van der Waals surface area contributed by atoms with E-state index in [-0.39, 0.29) is 6.71 Å². The first-order valence-corrected chi connectivity index (χ1v) is 17.0. The van der Waals surface area contributed by atoms with E-state index in [4.69, 9.17) is 4.74 Å². The maximum atomic E-state index is 6.98. The Bertz CT molecular complexity index is 2430. The van der Waals surface area contributed by atoms with Crippen molar-refractivity contribution in [1.82, 2.24) is 0 Å². The van der Waals surface area contributed by atoms with Crippen molar-refractivity contribution in [1.29, 1.82) is 0 Å². The van der Waals surface area contributed by atoms with Crippen molar-refractivity contribution in [3.63, 3.8) is 0 Å². The van der Waals surface area contributed by atoms with Crippen molar-refractivity contribution >= 4 is 71.7 Å². The van der Waals surface area contributed by atoms with E-state index in [0.717, 1.165) is 35.0 Å². The molecule has 2 aliphatic heterocycles. The average molecular weight is 618 g/mol. The van der Waals surface area contributed by atoms with Crippen LogP contribution in [0.1, 0.15) is 11.1 Å². The van der Waals surface area contributed by atoms with Crippen LogP contribution in [0, 0.1) is 0 Å². The zero-order valence-electron chi connectivity index (χ0n) is 25.6. The molecule has 0 bridgehead atoms. The summed E-state index contributed by atoms with van der Waals surface area (Å²) in [6, 6.07) is 57.0. The van der Waals surface area contributed by atoms with E-state index < -0.39 is 0 Å². The molecule has 2 aliphatic rings. The van der Waals surface area contributed by atoms with Crippen molar-refractivity contribution in [3.05, 3.63) is 169 Å². The minimum absolute atomic E-state index is 0.0938. The molecule has 7 aromatic carbocycles. The van der Waals surface area contributed by atoms with E-state index in [1.807, 2.05) is 11.3 Å². The topological polar surface area (TPSA) is 12.5 Å². The number of ether oxygens (including phenoxy) is 1. The van der Waals surface area contributed by atoms with Gasteiger partial charge < -0.3 is 9.64 Å². The molecule has 2 nitrogen and oxygen atoms in total. The van der Waals surface area contributed by atoms with Gasteiger partial charge in [0, 0.05) is 37.9 Å². The zero-order valence-corrected chi connectivity index (χ0v) is 26.4. The highest BCUT2D eigenvalue weighted by Crippen LogP contribution is 2.40. The van der Waals surface area contributed by atoms with Crippen molar-refractivity contribution < 1.29 is 4.74 Å². The van der Waals surface area contributed by atoms with Gasteiger partial charge in [0.2, 0.25) is 0 Å². The van der Waals surface area contributed by atoms with E-state index in [1.165, 1.54) is 58.8 Å². The smallest absolute Gasteiger partial charge is 0.251 e. The standard InChI is InChI=1S/C43H28BNOS/c1-4-12-28(13-5-1)29-22-31-23-30-25-42-36(35-18-10-11-19-41(35)47-42)27-38(30)44-37-21-20-34(26-39(37)46-40(24-29)43(31)44)45(32-14-6-2-7-15-32)33-16-8-3-9-17-33/h1-22,24-27H,23H2. The Kier molecular flexibility index (Phi) is 5.94. The van der Waals surface area contributed by atoms with Crippen LogP contribution in [0.3, 0.4) is 0 Å². The summed E-state index contributed by atoms with van der Waals surface area (Å²) >= 11 is 1.90. The summed E-state index contributed by atoms with van der Waals surface area (Å²) in [5.74, 6) is 1.87. The lowest BCUT2D eigenvalue weighted by Crippen LogP contribution is -2.59. The molecule has 220 valence electrons. The number of benzene rings is 7. The monoisotopic (exact) mass is 617 g/mol. The fourth-order valence-corrected chi connectivity index (χ4v) is 8.84. The second kappa shape index (κ2) is 10.5. The van der Waals surface area contributed by atoms with Crippen molar-refractivity contribution in [2.45, 2.75) is 6.42 Å². The first-order valence-electron chi connectivity index (χ1n) is 16.2. The van der Waals surface area contributed by atoms with Gasteiger partial charge in [-0.3, -0.25) is 0 Å². The number of para-hydroxylation sites is 2. The summed E-state index contributed by atoms with van der Waals surface area (Å²) < 4.78 is 9.68. The SMILES string of the molecule is c1ccc(-c2cc3c4c(c2)Oc2cc(N(c5ccccc5)c5ccccc5)ccc2B4c2cc4c(cc2C3)sc2ccccc24)cc1. The maximum Gasteiger partial charge on any atom is 0.251 e. The van der Waals surface area contributed by atoms with Gasteiger partial charge in [0.05, 0.1) is 0 Å². The van der Waals surface area contributed by atoms with E-state index in [2.05, 4.69) is 163 Å². The van der Waals surface area contributed by atoms with E-state index in [1.54, 1.807) is 0 Å². The van der Waals surface area contributed by atoms with Gasteiger partial charge in [-0.1, -0.05) is 109 Å². The average Bonchev–Trinajstić information content (AvgIpc) is 3.49. The van der Waals surface area contributed by atoms with Crippen LogP contribution in [-0.4, -0.2) is 6.71 Å². The fourth-order valence-electron chi connectivity index (χ4n) is 7.68. The molecule has 1 aromatic heterocycles. The van der Waals surface area contributed by atoms with E-state index >= 15 is 0 Å². The summed E-state index contributed by atoms with van der Waals surface area (Å²) in [6.07, 6.45) is 0.894. The molecule has 10 rings (SSSR count). The minimum Gasteiger partial charge on any atom is -0.458 e. The Labute approximate surface area is 278 Å². The molecule has 8 aromatic rings. The van der Waals surface area contributed by atoms with Gasteiger partial charge >= 0.3 is 0 Å². The molecule has 0 aliphatic carbocycles. The quantitative estimate of drug-likeness (QED) is 0.182. The molecule has 0 N–H and O–H groups in total. The lowest BCUT2D eigenvalue weighted by Gasteiger charge is -2.35. The van der Waals surface area contributed by atoms with Gasteiger partial charge in [0.25, 0.3) is 6.71 Å². The zero-order chi connectivity index (χ0) is 30.9. The van der Waals surface area contributed by atoms with E-state index in [0.29, 0.717) is 0 Å². The molecule has 47 heavy (non-hydrogen) atoms. The molecular formula is C43H28BNOS. The highest BCUT2D eigenvalue weighted by atomic mass is 32.1. The molecule has 0 fully saturated rings. The number of fused-ring (bicyclic) bond motifs is 7. The predicted molar refractivity (Wildman–Crippen MR) is 200 cm³/mol. The number of hydrogen-bond donors (Lipinski definition) is 0. The fraction of sp³-hybridized carbons (Fsp3) is 0.0233. The molecular weight excluding hydrogens is 589 g/mol. The first-order chi connectivity index (χ1) is 23.3. The number of rotatable bonds is 4. The molecule has 0 radical (unpaired) electrons. The van der Waals surface area contributed by atoms with Crippen LogP contribution in [0.25, 0.3) is 31.3 Å². The summed E-state index contributed by atoms with van der Waals surface area (Å²) in [4.78, 5) is 2.31. The molecule has 0 saturated heterocycles. The number of hydrogen-bond acceptors (Lipinski definition) is 3. The normalized spacial score (nSPS) is 12.7. The van der Waals surface area contributed by atoms with Crippen LogP contribution >= 0.6 is 11.3 Å². The molecule has 0 spiro atoms. The van der Waals surface area contributed by atoms with Crippen molar-refractivity contribution in [2.75, 3.05) is 4.90 Å². The number of nitrogens with zero attached hydrogens (tertiary/aromatic N) is 1. The van der Waals surface area contributed by atoms with Gasteiger partial charge in [0.15, 0.2) is 0 Å². The van der Waals surface area contributed by atoms with Crippen molar-refractivity contribution in [2.24, 2.45) is 0 Å². The second-order valence-corrected chi connectivity index (χ2v) is 13.6. The first kappa shape index (κ1) is 26.6. The summed E-state index contributed by atoms with van der Waals surface area (Å²) in [5, 5.41) is 2.68. The van der Waals surface area contributed by atoms with Crippen LogP contribution in [0.4, 0.5) is 17.1 Å². The van der Waals surface area contributed by atoms with Gasteiger partial charge in [-0.2, -0.15) is 0 Å². The summed E-state index contributed by atoms with van der Waals surface area (Å²) in [6.45, 7) is 0.0938. The highest BCUT2D eigenvalue weighted by Gasteiger charge is 2.39. The van der Waals surface area contributed by atoms with Crippen LogP contribution in [0.2, 0.25) is 0 Å². The molecule has 0 saturated carbocycles. The Morgan fingerprint density at radius 1 is 0.489 bits per heavy atom. The Morgan fingerprint density at radius 2 is 1.19 bits per heavy atom. The Morgan fingerprint density at radius 3 is 1.96 bits per heavy atom. The lowest BCUT2D eigenvalue weighted by molar-refractivity contribution is 0.487.